The average Bonchev–Trinajstić information content (AvgIpc) is 2.63. The number of benzene rings is 1. The Hall–Kier alpha value is -2.12. The van der Waals surface area contributed by atoms with E-state index in [1.807, 2.05) is 18.2 Å². The Morgan fingerprint density at radius 1 is 1.24 bits per heavy atom. The molecule has 6 nitrogen and oxygen atoms in total. The molecule has 1 fully saturated rings. The highest BCUT2D eigenvalue weighted by atomic mass is 35.5. The minimum atomic E-state index is -0.290. The average molecular weight is 366 g/mol. The first-order valence-corrected chi connectivity index (χ1v) is 8.54. The summed E-state index contributed by atoms with van der Waals surface area (Å²) in [5.74, 6) is 1.32. The maximum absolute atomic E-state index is 12.4. The summed E-state index contributed by atoms with van der Waals surface area (Å²) >= 11 is 5.82. The molecule has 1 aromatic carbocycles. The SMILES string of the molecule is COc1cc(N2CCN(CCF)CC2)ccc1Nc1ccnc(Cl)n1. The predicted molar refractivity (Wildman–Crippen MR) is 97.9 cm³/mol. The van der Waals surface area contributed by atoms with Crippen LogP contribution in [0.2, 0.25) is 5.28 Å². The number of hydrogen-bond acceptors (Lipinski definition) is 6. The second-order valence-electron chi connectivity index (χ2n) is 5.74. The lowest BCUT2D eigenvalue weighted by molar-refractivity contribution is 0.235. The second kappa shape index (κ2) is 8.31. The molecule has 1 aromatic heterocycles. The van der Waals surface area contributed by atoms with Crippen molar-refractivity contribution in [2.45, 2.75) is 0 Å². The number of anilines is 3. The van der Waals surface area contributed by atoms with Crippen LogP contribution in [0, 0.1) is 0 Å². The summed E-state index contributed by atoms with van der Waals surface area (Å²) in [5, 5.41) is 3.38. The Bertz CT molecular complexity index is 709. The van der Waals surface area contributed by atoms with Gasteiger partial charge < -0.3 is 15.0 Å². The molecule has 0 aliphatic carbocycles. The van der Waals surface area contributed by atoms with Crippen LogP contribution in [-0.2, 0) is 0 Å². The second-order valence-corrected chi connectivity index (χ2v) is 6.08. The maximum Gasteiger partial charge on any atom is 0.224 e. The lowest BCUT2D eigenvalue weighted by atomic mass is 10.2. The van der Waals surface area contributed by atoms with Crippen LogP contribution < -0.4 is 15.0 Å². The van der Waals surface area contributed by atoms with Crippen molar-refractivity contribution >= 4 is 28.8 Å². The zero-order valence-corrected chi connectivity index (χ0v) is 14.8. The summed E-state index contributed by atoms with van der Waals surface area (Å²) < 4.78 is 18.0. The van der Waals surface area contributed by atoms with Crippen molar-refractivity contribution in [2.24, 2.45) is 0 Å². The van der Waals surface area contributed by atoms with Crippen molar-refractivity contribution in [3.05, 3.63) is 35.7 Å². The van der Waals surface area contributed by atoms with Crippen LogP contribution in [0.5, 0.6) is 5.75 Å². The molecular formula is C17H21ClFN5O. The van der Waals surface area contributed by atoms with Gasteiger partial charge in [-0.2, -0.15) is 0 Å². The van der Waals surface area contributed by atoms with Gasteiger partial charge in [0.25, 0.3) is 0 Å². The minimum absolute atomic E-state index is 0.187. The highest BCUT2D eigenvalue weighted by molar-refractivity contribution is 6.28. The molecular weight excluding hydrogens is 345 g/mol. The molecule has 0 spiro atoms. The van der Waals surface area contributed by atoms with E-state index in [1.54, 1.807) is 19.4 Å². The number of alkyl halides is 1. The number of ether oxygens (including phenoxy) is 1. The van der Waals surface area contributed by atoms with E-state index in [4.69, 9.17) is 16.3 Å². The van der Waals surface area contributed by atoms with Crippen LogP contribution in [0.3, 0.4) is 0 Å². The monoisotopic (exact) mass is 365 g/mol. The zero-order valence-electron chi connectivity index (χ0n) is 14.1. The molecule has 134 valence electrons. The number of aromatic nitrogens is 2. The first-order valence-electron chi connectivity index (χ1n) is 8.16. The number of halogens is 2. The number of rotatable bonds is 6. The molecule has 0 bridgehead atoms. The third kappa shape index (κ3) is 4.49. The van der Waals surface area contributed by atoms with Gasteiger partial charge in [-0.05, 0) is 29.8 Å². The lowest BCUT2D eigenvalue weighted by Crippen LogP contribution is -2.47. The summed E-state index contributed by atoms with van der Waals surface area (Å²) in [5.41, 5.74) is 1.89. The van der Waals surface area contributed by atoms with Crippen molar-refractivity contribution in [1.82, 2.24) is 14.9 Å². The van der Waals surface area contributed by atoms with E-state index in [2.05, 4.69) is 25.1 Å². The largest absolute Gasteiger partial charge is 0.494 e. The Balaban J connectivity index is 1.71. The van der Waals surface area contributed by atoms with Crippen molar-refractivity contribution < 1.29 is 9.13 Å². The molecule has 1 saturated heterocycles. The fourth-order valence-corrected chi connectivity index (χ4v) is 3.02. The third-order valence-corrected chi connectivity index (χ3v) is 4.39. The molecule has 2 aromatic rings. The lowest BCUT2D eigenvalue weighted by Gasteiger charge is -2.35. The van der Waals surface area contributed by atoms with Crippen molar-refractivity contribution in [1.29, 1.82) is 0 Å². The zero-order chi connectivity index (χ0) is 17.6. The Kier molecular flexibility index (Phi) is 5.88. The summed E-state index contributed by atoms with van der Waals surface area (Å²) in [6, 6.07) is 7.73. The smallest absolute Gasteiger partial charge is 0.224 e. The van der Waals surface area contributed by atoms with Crippen LogP contribution in [0.1, 0.15) is 0 Å². The quantitative estimate of drug-likeness (QED) is 0.794. The topological polar surface area (TPSA) is 53.5 Å². The number of nitrogens with zero attached hydrogens (tertiary/aromatic N) is 4. The van der Waals surface area contributed by atoms with E-state index in [0.717, 1.165) is 43.3 Å². The summed E-state index contributed by atoms with van der Waals surface area (Å²) in [6.07, 6.45) is 1.59. The van der Waals surface area contributed by atoms with Gasteiger partial charge in [0.1, 0.15) is 18.2 Å². The van der Waals surface area contributed by atoms with E-state index in [1.165, 1.54) is 0 Å². The van der Waals surface area contributed by atoms with Crippen LogP contribution in [0.15, 0.2) is 30.5 Å². The molecule has 8 heteroatoms. The first kappa shape index (κ1) is 17.7. The van der Waals surface area contributed by atoms with Gasteiger partial charge in [0, 0.05) is 50.7 Å². The highest BCUT2D eigenvalue weighted by Crippen LogP contribution is 2.32. The molecule has 0 saturated carbocycles. The van der Waals surface area contributed by atoms with Gasteiger partial charge in [-0.15, -0.1) is 0 Å². The van der Waals surface area contributed by atoms with E-state index in [9.17, 15) is 4.39 Å². The van der Waals surface area contributed by atoms with Gasteiger partial charge in [0.2, 0.25) is 5.28 Å². The van der Waals surface area contributed by atoms with Crippen molar-refractivity contribution in [2.75, 3.05) is 56.7 Å². The molecule has 25 heavy (non-hydrogen) atoms. The van der Waals surface area contributed by atoms with Gasteiger partial charge in [-0.25, -0.2) is 14.4 Å². The predicted octanol–water partition coefficient (Wildman–Crippen LogP) is 2.97. The Morgan fingerprint density at radius 3 is 2.72 bits per heavy atom. The van der Waals surface area contributed by atoms with E-state index < -0.39 is 0 Å². The summed E-state index contributed by atoms with van der Waals surface area (Å²) in [7, 11) is 1.64. The van der Waals surface area contributed by atoms with Crippen LogP contribution in [0.25, 0.3) is 0 Å². The molecule has 0 unspecified atom stereocenters. The fourth-order valence-electron chi connectivity index (χ4n) is 2.87. The minimum Gasteiger partial charge on any atom is -0.494 e. The maximum atomic E-state index is 12.4. The first-order chi connectivity index (χ1) is 12.2. The Labute approximate surface area is 151 Å². The summed E-state index contributed by atoms with van der Waals surface area (Å²) in [4.78, 5) is 12.4. The molecule has 1 N–H and O–H groups in total. The molecule has 1 aliphatic heterocycles. The van der Waals surface area contributed by atoms with E-state index >= 15 is 0 Å². The van der Waals surface area contributed by atoms with Crippen LogP contribution in [0.4, 0.5) is 21.6 Å². The van der Waals surface area contributed by atoms with Gasteiger partial charge in [0.05, 0.1) is 12.8 Å². The van der Waals surface area contributed by atoms with E-state index in [-0.39, 0.29) is 12.0 Å². The van der Waals surface area contributed by atoms with Crippen LogP contribution in [-0.4, -0.2) is 61.4 Å². The normalized spacial score (nSPS) is 15.2. The number of hydrogen-bond donors (Lipinski definition) is 1. The standard InChI is InChI=1S/C17H21ClFN5O/c1-25-15-12-13(24-10-8-23(7-5-19)9-11-24)2-3-14(15)21-16-4-6-20-17(18)22-16/h2-4,6,12H,5,7-11H2,1H3,(H,20,21,22). The van der Waals surface area contributed by atoms with Gasteiger partial charge in [0.15, 0.2) is 0 Å². The Morgan fingerprint density at radius 2 is 2.04 bits per heavy atom. The molecule has 2 heterocycles. The molecule has 0 atom stereocenters. The van der Waals surface area contributed by atoms with Gasteiger partial charge in [-0.3, -0.25) is 4.90 Å². The number of methoxy groups -OCH3 is 1. The molecule has 1 aliphatic rings. The number of piperazine rings is 1. The molecule has 0 amide bonds. The summed E-state index contributed by atoms with van der Waals surface area (Å²) in [6.45, 7) is 3.70. The third-order valence-electron chi connectivity index (χ3n) is 4.21. The fraction of sp³-hybridized carbons (Fsp3) is 0.412. The highest BCUT2D eigenvalue weighted by Gasteiger charge is 2.18. The van der Waals surface area contributed by atoms with Gasteiger partial charge >= 0.3 is 0 Å². The van der Waals surface area contributed by atoms with E-state index in [0.29, 0.717) is 12.4 Å². The van der Waals surface area contributed by atoms with Crippen molar-refractivity contribution in [3.63, 3.8) is 0 Å². The van der Waals surface area contributed by atoms with Crippen LogP contribution >= 0.6 is 11.6 Å². The molecule has 3 rings (SSSR count). The van der Waals surface area contributed by atoms with Gasteiger partial charge in [-0.1, -0.05) is 0 Å². The molecule has 0 radical (unpaired) electrons. The van der Waals surface area contributed by atoms with Crippen molar-refractivity contribution in [3.8, 4) is 5.75 Å². The number of nitrogens with one attached hydrogen (secondary N) is 1.